The van der Waals surface area contributed by atoms with Crippen LogP contribution in [0.2, 0.25) is 0 Å². The second-order valence-corrected chi connectivity index (χ2v) is 13.7. The number of nitrogens with zero attached hydrogens (tertiary/aromatic N) is 3. The average Bonchev–Trinajstić information content (AvgIpc) is 3.01. The van der Waals surface area contributed by atoms with Gasteiger partial charge in [-0.2, -0.15) is 18.2 Å². The lowest BCUT2D eigenvalue weighted by atomic mass is 9.92. The van der Waals surface area contributed by atoms with E-state index in [1.165, 1.54) is 18.4 Å². The average molecular weight is 687 g/mol. The largest absolute Gasteiger partial charge is 0.416 e. The van der Waals surface area contributed by atoms with Crippen LogP contribution in [-0.4, -0.2) is 56.3 Å². The van der Waals surface area contributed by atoms with E-state index in [9.17, 15) is 32.1 Å². The number of carbonyl (C=O) groups excluding carboxylic acids is 2. The van der Waals surface area contributed by atoms with Gasteiger partial charge in [-0.05, 0) is 69.7 Å². The van der Waals surface area contributed by atoms with Crippen molar-refractivity contribution in [2.24, 2.45) is 4.36 Å². The van der Waals surface area contributed by atoms with Crippen molar-refractivity contribution in [2.45, 2.75) is 56.3 Å². The number of aliphatic hydroxyl groups is 1. The van der Waals surface area contributed by atoms with Gasteiger partial charge in [0, 0.05) is 58.0 Å². The Morgan fingerprint density at radius 1 is 1.08 bits per heavy atom. The normalized spacial score (nSPS) is 16.3. The molecule has 1 aliphatic rings. The third-order valence-corrected chi connectivity index (χ3v) is 8.52. The molecule has 0 spiro atoms. The molecule has 3 atom stereocenters. The molecule has 3 aromatic rings. The van der Waals surface area contributed by atoms with Crippen LogP contribution in [0.25, 0.3) is 0 Å². The highest BCUT2D eigenvalue weighted by molar-refractivity contribution is 7.93. The Morgan fingerprint density at radius 3 is 2.48 bits per heavy atom. The molecule has 1 aromatic heterocycles. The molecule has 2 aromatic carbocycles. The molecule has 16 heteroatoms. The number of amides is 4. The first-order valence-electron chi connectivity index (χ1n) is 14.9. The minimum Gasteiger partial charge on any atom is -0.394 e. The second-order valence-electron chi connectivity index (χ2n) is 11.4. The van der Waals surface area contributed by atoms with E-state index in [2.05, 4.69) is 40.9 Å². The fraction of sp³-hybridized carbons (Fsp3) is 0.312. The van der Waals surface area contributed by atoms with Crippen molar-refractivity contribution in [3.05, 3.63) is 89.8 Å². The van der Waals surface area contributed by atoms with Crippen molar-refractivity contribution in [3.63, 3.8) is 0 Å². The number of hydrogen-bond acceptors (Lipinski definition) is 8. The maximum Gasteiger partial charge on any atom is 0.416 e. The number of nitrogens with one attached hydrogen (secondary N) is 5. The van der Waals surface area contributed by atoms with Crippen molar-refractivity contribution >= 4 is 44.9 Å². The zero-order valence-electron chi connectivity index (χ0n) is 26.6. The van der Waals surface area contributed by atoms with Gasteiger partial charge in [0.25, 0.3) is 0 Å². The highest BCUT2D eigenvalue weighted by Crippen LogP contribution is 2.33. The van der Waals surface area contributed by atoms with E-state index < -0.39 is 33.5 Å². The molecule has 1 heterocycles. The van der Waals surface area contributed by atoms with Crippen molar-refractivity contribution in [1.82, 2.24) is 20.6 Å². The minimum atomic E-state index is -4.53. The van der Waals surface area contributed by atoms with Gasteiger partial charge in [0.1, 0.15) is 5.82 Å². The van der Waals surface area contributed by atoms with Crippen molar-refractivity contribution in [1.29, 1.82) is 0 Å². The van der Waals surface area contributed by atoms with Crippen LogP contribution >= 0.6 is 0 Å². The van der Waals surface area contributed by atoms with Crippen molar-refractivity contribution in [3.8, 4) is 0 Å². The molecular formula is C32H37F3N8O4S. The Balaban J connectivity index is 1.47. The van der Waals surface area contributed by atoms with E-state index in [-0.39, 0.29) is 36.2 Å². The number of aromatic nitrogens is 2. The molecule has 4 amide bonds. The Hall–Kier alpha value is -4.96. The van der Waals surface area contributed by atoms with Crippen LogP contribution in [0.1, 0.15) is 44.2 Å². The molecule has 0 fully saturated rings. The van der Waals surface area contributed by atoms with Gasteiger partial charge in [0.2, 0.25) is 5.95 Å². The van der Waals surface area contributed by atoms with Crippen LogP contribution in [0.15, 0.2) is 87.9 Å². The number of aliphatic hydroxyl groups excluding tert-OH is 1. The molecule has 0 radical (unpaired) electrons. The van der Waals surface area contributed by atoms with E-state index >= 15 is 0 Å². The molecule has 1 aliphatic carbocycles. The van der Waals surface area contributed by atoms with Gasteiger partial charge in [-0.25, -0.2) is 18.8 Å². The first kappa shape index (κ1) is 35.9. The summed E-state index contributed by atoms with van der Waals surface area (Å²) in [6.07, 6.45) is 4.19. The van der Waals surface area contributed by atoms with Crippen LogP contribution < -0.4 is 26.6 Å². The fourth-order valence-electron chi connectivity index (χ4n) is 4.55. The van der Waals surface area contributed by atoms with Gasteiger partial charge in [0.15, 0.2) is 0 Å². The van der Waals surface area contributed by atoms with Gasteiger partial charge in [-0.3, -0.25) is 0 Å². The van der Waals surface area contributed by atoms with Crippen molar-refractivity contribution in [2.75, 3.05) is 28.8 Å². The summed E-state index contributed by atoms with van der Waals surface area (Å²) in [6, 6.07) is 9.07. The molecule has 0 saturated carbocycles. The summed E-state index contributed by atoms with van der Waals surface area (Å²) in [5.74, 6) is 0.451. The van der Waals surface area contributed by atoms with E-state index in [1.807, 2.05) is 6.08 Å². The minimum absolute atomic E-state index is 0.000727. The number of urea groups is 2. The van der Waals surface area contributed by atoms with E-state index in [1.54, 1.807) is 63.4 Å². The Kier molecular flexibility index (Phi) is 11.4. The van der Waals surface area contributed by atoms with Crippen LogP contribution in [0.4, 0.5) is 45.9 Å². The first-order valence-corrected chi connectivity index (χ1v) is 16.8. The highest BCUT2D eigenvalue weighted by atomic mass is 32.2. The number of anilines is 4. The smallest absolute Gasteiger partial charge is 0.394 e. The number of alkyl halides is 3. The molecule has 6 N–H and O–H groups in total. The molecular weight excluding hydrogens is 649 g/mol. The predicted molar refractivity (Wildman–Crippen MR) is 179 cm³/mol. The maximum atomic E-state index is 13.2. The zero-order chi connectivity index (χ0) is 35.1. The Morgan fingerprint density at radius 2 is 1.81 bits per heavy atom. The summed E-state index contributed by atoms with van der Waals surface area (Å²) in [7, 11) is -3.05. The van der Waals surface area contributed by atoms with Gasteiger partial charge in [0.05, 0.1) is 21.9 Å². The number of hydrogen-bond donors (Lipinski definition) is 6. The first-order chi connectivity index (χ1) is 22.6. The highest BCUT2D eigenvalue weighted by Gasteiger charge is 2.30. The number of allylic oxidation sites excluding steroid dienone is 3. The maximum absolute atomic E-state index is 13.2. The third kappa shape index (κ3) is 10.0. The van der Waals surface area contributed by atoms with E-state index in [4.69, 9.17) is 0 Å². The van der Waals surface area contributed by atoms with Gasteiger partial charge in [-0.1, -0.05) is 24.3 Å². The summed E-state index contributed by atoms with van der Waals surface area (Å²) in [5.41, 5.74) is 0.798. The SMILES string of the molecule is CC(C)NC(=O)N=[S@](C)(=O)c1cccc(Nc2ncc(C3C=CC(NC(=O)Nc4cccc(C(F)(F)F)c4)=CC3)c(N[C@H](C)CO)n2)c1. The predicted octanol–water partition coefficient (Wildman–Crippen LogP) is 6.36. The summed E-state index contributed by atoms with van der Waals surface area (Å²) in [5, 5.41) is 23.6. The molecule has 256 valence electrons. The molecule has 0 bridgehead atoms. The summed E-state index contributed by atoms with van der Waals surface area (Å²) < 4.78 is 56.1. The van der Waals surface area contributed by atoms with E-state index in [0.717, 1.165) is 12.1 Å². The molecule has 0 aliphatic heterocycles. The quantitative estimate of drug-likeness (QED) is 0.143. The van der Waals surface area contributed by atoms with E-state index in [0.29, 0.717) is 34.1 Å². The van der Waals surface area contributed by atoms with Crippen LogP contribution in [-0.2, 0) is 15.9 Å². The molecule has 12 nitrogen and oxygen atoms in total. The van der Waals surface area contributed by atoms with Gasteiger partial charge >= 0.3 is 18.2 Å². The van der Waals surface area contributed by atoms with Crippen molar-refractivity contribution < 1.29 is 32.1 Å². The molecule has 4 rings (SSSR count). The molecule has 48 heavy (non-hydrogen) atoms. The lowest BCUT2D eigenvalue weighted by Crippen LogP contribution is -2.28. The monoisotopic (exact) mass is 686 g/mol. The van der Waals surface area contributed by atoms with Gasteiger partial charge < -0.3 is 31.7 Å². The van der Waals surface area contributed by atoms with Crippen LogP contribution in [0.3, 0.4) is 0 Å². The Bertz CT molecular complexity index is 1840. The summed E-state index contributed by atoms with van der Waals surface area (Å²) >= 11 is 0. The topological polar surface area (TPSA) is 170 Å². The van der Waals surface area contributed by atoms with Crippen LogP contribution in [0.5, 0.6) is 0 Å². The summed E-state index contributed by atoms with van der Waals surface area (Å²) in [6.45, 7) is 5.17. The Labute approximate surface area is 276 Å². The van der Waals surface area contributed by atoms with Crippen LogP contribution in [0, 0.1) is 0 Å². The molecule has 1 unspecified atom stereocenters. The number of carbonyl (C=O) groups is 2. The number of rotatable bonds is 10. The molecule has 0 saturated heterocycles. The standard InChI is InChI=1S/C32H37F3N8O4S/c1-19(2)37-31(46)43-48(4,47)26-10-6-9-25(16-26)39-29-36-17-27(28(42-29)38-20(3)18-44)21-11-13-23(14-12-21)40-30(45)41-24-8-5-7-22(15-24)32(33,34)35/h5-11,13-17,19-21,44H,12,18H2,1-4H3,(H,37,46)(H2,40,41,45)(H2,36,38,39,42)/t20-,21?,48-/m1/s1. The number of benzene rings is 2. The number of halogens is 3. The zero-order valence-corrected chi connectivity index (χ0v) is 27.4. The lowest BCUT2D eigenvalue weighted by molar-refractivity contribution is -0.137. The summed E-state index contributed by atoms with van der Waals surface area (Å²) in [4.78, 5) is 34.0. The van der Waals surface area contributed by atoms with Gasteiger partial charge in [-0.15, -0.1) is 4.36 Å². The third-order valence-electron chi connectivity index (χ3n) is 6.88. The fourth-order valence-corrected chi connectivity index (χ4v) is 5.70. The second kappa shape index (κ2) is 15.3. The lowest BCUT2D eigenvalue weighted by Gasteiger charge is -2.22.